The highest BCUT2D eigenvalue weighted by Gasteiger charge is 2.15. The number of methoxy groups -OCH3 is 1. The minimum Gasteiger partial charge on any atom is -0.491 e. The molecule has 19 heavy (non-hydrogen) atoms. The summed E-state index contributed by atoms with van der Waals surface area (Å²) in [4.78, 5) is 23.6. The average Bonchev–Trinajstić information content (AvgIpc) is 2.38. The fourth-order valence-corrected chi connectivity index (χ4v) is 1.71. The highest BCUT2D eigenvalue weighted by atomic mass is 16.5. The van der Waals surface area contributed by atoms with Gasteiger partial charge >= 0.3 is 5.97 Å². The first kappa shape index (κ1) is 13.1. The number of benzene rings is 1. The monoisotopic (exact) mass is 262 g/mol. The molecule has 0 saturated heterocycles. The van der Waals surface area contributed by atoms with Gasteiger partial charge in [0.05, 0.1) is 18.6 Å². The Kier molecular flexibility index (Phi) is 3.55. The Labute approximate surface area is 109 Å². The Hall–Kier alpha value is -2.30. The molecular formula is C14H14O5. The summed E-state index contributed by atoms with van der Waals surface area (Å²) in [6.45, 7) is 3.77. The molecular weight excluding hydrogens is 248 g/mol. The minimum absolute atomic E-state index is 0.00622. The van der Waals surface area contributed by atoms with Crippen LogP contribution in [0.25, 0.3) is 11.0 Å². The van der Waals surface area contributed by atoms with E-state index in [2.05, 4.69) is 4.74 Å². The van der Waals surface area contributed by atoms with Crippen molar-refractivity contribution in [2.45, 2.75) is 20.0 Å². The number of carbonyl (C=O) groups excluding carboxylic acids is 1. The second-order valence-corrected chi connectivity index (χ2v) is 4.29. The number of hydrogen-bond acceptors (Lipinski definition) is 5. The van der Waals surface area contributed by atoms with Gasteiger partial charge in [0, 0.05) is 0 Å². The Morgan fingerprint density at radius 3 is 2.68 bits per heavy atom. The zero-order chi connectivity index (χ0) is 14.0. The van der Waals surface area contributed by atoms with Crippen LogP contribution in [0.4, 0.5) is 0 Å². The smallest absolute Gasteiger partial charge is 0.345 e. The Balaban J connectivity index is 2.59. The van der Waals surface area contributed by atoms with Crippen LogP contribution in [0.15, 0.2) is 33.7 Å². The third-order valence-electron chi connectivity index (χ3n) is 2.52. The lowest BCUT2D eigenvalue weighted by Crippen LogP contribution is -2.16. The number of carbonyl (C=O) groups is 1. The molecule has 2 rings (SSSR count). The molecule has 5 nitrogen and oxygen atoms in total. The van der Waals surface area contributed by atoms with E-state index in [1.54, 1.807) is 18.2 Å². The molecule has 0 bridgehead atoms. The number of esters is 1. The third kappa shape index (κ3) is 2.59. The van der Waals surface area contributed by atoms with Gasteiger partial charge in [-0.3, -0.25) is 4.79 Å². The van der Waals surface area contributed by atoms with Crippen molar-refractivity contribution in [2.75, 3.05) is 7.11 Å². The van der Waals surface area contributed by atoms with Crippen molar-refractivity contribution in [2.24, 2.45) is 0 Å². The zero-order valence-corrected chi connectivity index (χ0v) is 10.9. The van der Waals surface area contributed by atoms with Crippen LogP contribution in [0.3, 0.4) is 0 Å². The van der Waals surface area contributed by atoms with Gasteiger partial charge in [-0.15, -0.1) is 0 Å². The third-order valence-corrected chi connectivity index (χ3v) is 2.52. The van der Waals surface area contributed by atoms with Crippen LogP contribution in [0.1, 0.15) is 24.2 Å². The number of fused-ring (bicyclic) bond motifs is 1. The van der Waals surface area contributed by atoms with Crippen molar-refractivity contribution in [1.82, 2.24) is 0 Å². The summed E-state index contributed by atoms with van der Waals surface area (Å²) in [5.74, 6) is -0.164. The average molecular weight is 262 g/mol. The highest BCUT2D eigenvalue weighted by Crippen LogP contribution is 2.20. The number of ether oxygens (including phenoxy) is 2. The molecule has 0 aliphatic carbocycles. The molecule has 0 unspecified atom stereocenters. The molecule has 2 aromatic rings. The molecule has 0 radical (unpaired) electrons. The molecule has 1 aromatic carbocycles. The molecule has 0 amide bonds. The van der Waals surface area contributed by atoms with Crippen LogP contribution in [-0.2, 0) is 4.74 Å². The molecule has 5 heteroatoms. The van der Waals surface area contributed by atoms with Gasteiger partial charge in [-0.05, 0) is 32.0 Å². The lowest BCUT2D eigenvalue weighted by molar-refractivity contribution is 0.0597. The van der Waals surface area contributed by atoms with Gasteiger partial charge < -0.3 is 13.9 Å². The molecule has 1 heterocycles. The first-order chi connectivity index (χ1) is 9.02. The van der Waals surface area contributed by atoms with Crippen molar-refractivity contribution in [3.8, 4) is 5.75 Å². The molecule has 1 aromatic heterocycles. The summed E-state index contributed by atoms with van der Waals surface area (Å²) in [6.07, 6.45) is 1.10. The van der Waals surface area contributed by atoms with Gasteiger partial charge in [0.2, 0.25) is 5.43 Å². The molecule has 0 aliphatic heterocycles. The molecule has 0 aliphatic rings. The van der Waals surface area contributed by atoms with E-state index in [9.17, 15) is 9.59 Å². The fraction of sp³-hybridized carbons (Fsp3) is 0.286. The van der Waals surface area contributed by atoms with E-state index in [4.69, 9.17) is 9.15 Å². The summed E-state index contributed by atoms with van der Waals surface area (Å²) in [5.41, 5.74) is -0.159. The summed E-state index contributed by atoms with van der Waals surface area (Å²) in [7, 11) is 1.21. The van der Waals surface area contributed by atoms with E-state index in [0.717, 1.165) is 6.26 Å². The van der Waals surface area contributed by atoms with Crippen molar-refractivity contribution in [3.63, 3.8) is 0 Å². The molecule has 0 spiro atoms. The van der Waals surface area contributed by atoms with E-state index in [-0.39, 0.29) is 11.7 Å². The lowest BCUT2D eigenvalue weighted by Gasteiger charge is -2.09. The first-order valence-corrected chi connectivity index (χ1v) is 5.83. The first-order valence-electron chi connectivity index (χ1n) is 5.83. The molecule has 0 fully saturated rings. The molecule has 0 atom stereocenters. The van der Waals surface area contributed by atoms with Crippen LogP contribution < -0.4 is 10.2 Å². The van der Waals surface area contributed by atoms with Gasteiger partial charge in [0.25, 0.3) is 0 Å². The van der Waals surface area contributed by atoms with Gasteiger partial charge in [0.1, 0.15) is 23.2 Å². The normalized spacial score (nSPS) is 10.7. The predicted molar refractivity (Wildman–Crippen MR) is 69.6 cm³/mol. The van der Waals surface area contributed by atoms with Gasteiger partial charge in [0.15, 0.2) is 0 Å². The summed E-state index contributed by atoms with van der Waals surface area (Å²) < 4.78 is 15.3. The van der Waals surface area contributed by atoms with Gasteiger partial charge in [-0.2, -0.15) is 0 Å². The number of hydrogen-bond donors (Lipinski definition) is 0. The number of rotatable bonds is 3. The van der Waals surface area contributed by atoms with E-state index in [0.29, 0.717) is 16.7 Å². The minimum atomic E-state index is -0.717. The fourth-order valence-electron chi connectivity index (χ4n) is 1.71. The van der Waals surface area contributed by atoms with Crippen LogP contribution in [0.5, 0.6) is 5.75 Å². The van der Waals surface area contributed by atoms with Crippen LogP contribution in [0.2, 0.25) is 0 Å². The van der Waals surface area contributed by atoms with E-state index >= 15 is 0 Å². The second-order valence-electron chi connectivity index (χ2n) is 4.29. The predicted octanol–water partition coefficient (Wildman–Crippen LogP) is 2.37. The van der Waals surface area contributed by atoms with Crippen LogP contribution in [-0.4, -0.2) is 19.2 Å². The van der Waals surface area contributed by atoms with Crippen molar-refractivity contribution < 1.29 is 18.7 Å². The van der Waals surface area contributed by atoms with Crippen molar-refractivity contribution in [1.29, 1.82) is 0 Å². The Morgan fingerprint density at radius 2 is 2.05 bits per heavy atom. The molecule has 100 valence electrons. The van der Waals surface area contributed by atoms with E-state index in [1.165, 1.54) is 7.11 Å². The molecule has 0 saturated carbocycles. The Morgan fingerprint density at radius 1 is 1.32 bits per heavy atom. The maximum absolute atomic E-state index is 12.2. The lowest BCUT2D eigenvalue weighted by atomic mass is 10.1. The zero-order valence-electron chi connectivity index (χ0n) is 10.9. The summed E-state index contributed by atoms with van der Waals surface area (Å²) >= 11 is 0. The maximum Gasteiger partial charge on any atom is 0.345 e. The van der Waals surface area contributed by atoms with Gasteiger partial charge in [-0.1, -0.05) is 0 Å². The largest absolute Gasteiger partial charge is 0.491 e. The topological polar surface area (TPSA) is 65.7 Å². The Bertz CT molecular complexity index is 669. The second kappa shape index (κ2) is 5.14. The summed E-state index contributed by atoms with van der Waals surface area (Å²) in [5, 5.41) is 0.293. The molecule has 0 N–H and O–H groups in total. The standard InChI is InChI=1S/C14H14O5/c1-8(2)19-9-4-5-12-10(6-9)13(15)11(7-18-12)14(16)17-3/h4-8H,1-3H3. The van der Waals surface area contributed by atoms with E-state index in [1.807, 2.05) is 13.8 Å². The SMILES string of the molecule is COC(=O)c1coc2ccc(OC(C)C)cc2c1=O. The highest BCUT2D eigenvalue weighted by molar-refractivity contribution is 5.92. The maximum atomic E-state index is 12.2. The van der Waals surface area contributed by atoms with Crippen molar-refractivity contribution >= 4 is 16.9 Å². The van der Waals surface area contributed by atoms with Gasteiger partial charge in [-0.25, -0.2) is 4.79 Å². The van der Waals surface area contributed by atoms with Crippen LogP contribution >= 0.6 is 0 Å². The van der Waals surface area contributed by atoms with E-state index < -0.39 is 11.4 Å². The van der Waals surface area contributed by atoms with Crippen molar-refractivity contribution in [3.05, 3.63) is 40.2 Å². The quantitative estimate of drug-likeness (QED) is 0.794. The summed E-state index contributed by atoms with van der Waals surface area (Å²) in [6, 6.07) is 4.91. The van der Waals surface area contributed by atoms with Crippen LogP contribution in [0, 0.1) is 0 Å².